The van der Waals surface area contributed by atoms with Crippen LogP contribution in [0.5, 0.6) is 0 Å². The average Bonchev–Trinajstić information content (AvgIpc) is 2.65. The Hall–Kier alpha value is -0.610. The fourth-order valence-corrected chi connectivity index (χ4v) is 2.34. The van der Waals surface area contributed by atoms with Crippen molar-refractivity contribution in [2.75, 3.05) is 7.11 Å². The van der Waals surface area contributed by atoms with Gasteiger partial charge in [-0.3, -0.25) is 4.79 Å². The Balaban J connectivity index is 2.50. The molecule has 1 aliphatic rings. The lowest BCUT2D eigenvalue weighted by atomic mass is 9.96. The van der Waals surface area contributed by atoms with E-state index in [1.54, 1.807) is 14.0 Å². The van der Waals surface area contributed by atoms with Crippen LogP contribution in [0.15, 0.2) is 0 Å². The molecule has 0 aliphatic heterocycles. The standard InChI is InChI=1S/C12H24N2O2/c1-4-8-12(2,13)11(15)14-9-6-5-7-10(9)16-3/h9-10H,4-8,13H2,1-3H3,(H,14,15). The minimum Gasteiger partial charge on any atom is -0.379 e. The van der Waals surface area contributed by atoms with Gasteiger partial charge in [0.15, 0.2) is 0 Å². The van der Waals surface area contributed by atoms with Gasteiger partial charge in [-0.1, -0.05) is 13.3 Å². The molecule has 1 amide bonds. The maximum absolute atomic E-state index is 12.0. The highest BCUT2D eigenvalue weighted by Crippen LogP contribution is 2.22. The van der Waals surface area contributed by atoms with E-state index < -0.39 is 5.54 Å². The summed E-state index contributed by atoms with van der Waals surface area (Å²) in [6.45, 7) is 3.83. The van der Waals surface area contributed by atoms with E-state index in [1.807, 2.05) is 6.92 Å². The predicted octanol–water partition coefficient (Wildman–Crippen LogP) is 1.19. The molecule has 1 fully saturated rings. The largest absolute Gasteiger partial charge is 0.379 e. The maximum atomic E-state index is 12.0. The topological polar surface area (TPSA) is 64.4 Å². The van der Waals surface area contributed by atoms with E-state index in [0.29, 0.717) is 6.42 Å². The van der Waals surface area contributed by atoms with Gasteiger partial charge < -0.3 is 15.8 Å². The average molecular weight is 228 g/mol. The molecule has 1 aliphatic carbocycles. The lowest BCUT2D eigenvalue weighted by Crippen LogP contribution is -2.55. The van der Waals surface area contributed by atoms with Gasteiger partial charge >= 0.3 is 0 Å². The summed E-state index contributed by atoms with van der Waals surface area (Å²) < 4.78 is 5.34. The van der Waals surface area contributed by atoms with Crippen molar-refractivity contribution in [2.24, 2.45) is 5.73 Å². The highest BCUT2D eigenvalue weighted by atomic mass is 16.5. The fourth-order valence-electron chi connectivity index (χ4n) is 2.34. The second-order valence-electron chi connectivity index (χ2n) is 4.95. The van der Waals surface area contributed by atoms with Crippen molar-refractivity contribution in [3.05, 3.63) is 0 Å². The zero-order chi connectivity index (χ0) is 12.2. The van der Waals surface area contributed by atoms with Crippen molar-refractivity contribution < 1.29 is 9.53 Å². The van der Waals surface area contributed by atoms with Crippen LogP contribution in [0.1, 0.15) is 46.0 Å². The Labute approximate surface area is 97.9 Å². The quantitative estimate of drug-likeness (QED) is 0.743. The summed E-state index contributed by atoms with van der Waals surface area (Å²) in [6, 6.07) is 0.136. The molecule has 0 bridgehead atoms. The zero-order valence-electron chi connectivity index (χ0n) is 10.6. The molecule has 1 saturated carbocycles. The molecular formula is C12H24N2O2. The summed E-state index contributed by atoms with van der Waals surface area (Å²) in [5.74, 6) is -0.0525. The van der Waals surface area contributed by atoms with Crippen LogP contribution in [-0.4, -0.2) is 30.7 Å². The lowest BCUT2D eigenvalue weighted by Gasteiger charge is -2.27. The van der Waals surface area contributed by atoms with Crippen LogP contribution >= 0.6 is 0 Å². The molecule has 3 unspecified atom stereocenters. The van der Waals surface area contributed by atoms with Gasteiger partial charge in [-0.25, -0.2) is 0 Å². The van der Waals surface area contributed by atoms with Gasteiger partial charge in [0.05, 0.1) is 17.7 Å². The molecular weight excluding hydrogens is 204 g/mol. The van der Waals surface area contributed by atoms with Crippen molar-refractivity contribution in [3.8, 4) is 0 Å². The Kier molecular flexibility index (Phi) is 4.74. The van der Waals surface area contributed by atoms with Crippen molar-refractivity contribution in [1.82, 2.24) is 5.32 Å². The van der Waals surface area contributed by atoms with E-state index in [0.717, 1.165) is 25.7 Å². The van der Waals surface area contributed by atoms with Crippen molar-refractivity contribution >= 4 is 5.91 Å². The first-order chi connectivity index (χ1) is 7.51. The van der Waals surface area contributed by atoms with E-state index in [1.165, 1.54) is 0 Å². The van der Waals surface area contributed by atoms with Crippen LogP contribution in [-0.2, 0) is 9.53 Å². The molecule has 0 radical (unpaired) electrons. The molecule has 3 atom stereocenters. The molecule has 1 rings (SSSR count). The van der Waals surface area contributed by atoms with Gasteiger partial charge in [0.25, 0.3) is 0 Å². The molecule has 3 N–H and O–H groups in total. The van der Waals surface area contributed by atoms with Crippen LogP contribution in [0.2, 0.25) is 0 Å². The molecule has 0 aromatic heterocycles. The van der Waals surface area contributed by atoms with E-state index in [4.69, 9.17) is 10.5 Å². The van der Waals surface area contributed by atoms with Crippen LogP contribution in [0, 0.1) is 0 Å². The minimum atomic E-state index is -0.754. The second kappa shape index (κ2) is 5.64. The van der Waals surface area contributed by atoms with Gasteiger partial charge in [-0.15, -0.1) is 0 Å². The van der Waals surface area contributed by atoms with Crippen molar-refractivity contribution in [2.45, 2.75) is 63.6 Å². The Morgan fingerprint density at radius 3 is 2.81 bits per heavy atom. The van der Waals surface area contributed by atoms with Gasteiger partial charge in [-0.05, 0) is 32.6 Å². The normalized spacial score (nSPS) is 28.8. The molecule has 0 aromatic carbocycles. The van der Waals surface area contributed by atoms with Crippen LogP contribution in [0.25, 0.3) is 0 Å². The number of ether oxygens (including phenoxy) is 1. The summed E-state index contributed by atoms with van der Waals surface area (Å²) in [5.41, 5.74) is 5.23. The molecule has 0 spiro atoms. The number of carbonyl (C=O) groups excluding carboxylic acids is 1. The number of hydrogen-bond donors (Lipinski definition) is 2. The Bertz CT molecular complexity index is 241. The number of amides is 1. The van der Waals surface area contributed by atoms with E-state index in [9.17, 15) is 4.79 Å². The summed E-state index contributed by atoms with van der Waals surface area (Å²) in [5, 5.41) is 3.02. The van der Waals surface area contributed by atoms with Gasteiger partial charge in [0, 0.05) is 7.11 Å². The number of methoxy groups -OCH3 is 1. The van der Waals surface area contributed by atoms with Gasteiger partial charge in [0.1, 0.15) is 0 Å². The lowest BCUT2D eigenvalue weighted by molar-refractivity contribution is -0.127. The number of nitrogens with one attached hydrogen (secondary N) is 1. The van der Waals surface area contributed by atoms with Crippen LogP contribution in [0.3, 0.4) is 0 Å². The second-order valence-corrected chi connectivity index (χ2v) is 4.95. The minimum absolute atomic E-state index is 0.0525. The first-order valence-electron chi connectivity index (χ1n) is 6.14. The highest BCUT2D eigenvalue weighted by molar-refractivity contribution is 5.85. The molecule has 94 valence electrons. The predicted molar refractivity (Wildman–Crippen MR) is 64.1 cm³/mol. The smallest absolute Gasteiger partial charge is 0.240 e. The van der Waals surface area contributed by atoms with Gasteiger partial charge in [-0.2, -0.15) is 0 Å². The van der Waals surface area contributed by atoms with E-state index in [-0.39, 0.29) is 18.1 Å². The first-order valence-corrected chi connectivity index (χ1v) is 6.14. The summed E-state index contributed by atoms with van der Waals surface area (Å²) in [6.07, 6.45) is 4.91. The summed E-state index contributed by atoms with van der Waals surface area (Å²) in [7, 11) is 1.70. The van der Waals surface area contributed by atoms with Gasteiger partial charge in [0.2, 0.25) is 5.91 Å². The fraction of sp³-hybridized carbons (Fsp3) is 0.917. The number of hydrogen-bond acceptors (Lipinski definition) is 3. The molecule has 0 aromatic rings. The Morgan fingerprint density at radius 1 is 1.56 bits per heavy atom. The van der Waals surface area contributed by atoms with Crippen molar-refractivity contribution in [1.29, 1.82) is 0 Å². The molecule has 0 heterocycles. The third-order valence-electron chi connectivity index (χ3n) is 3.36. The summed E-state index contributed by atoms with van der Waals surface area (Å²) in [4.78, 5) is 12.0. The number of carbonyl (C=O) groups is 1. The number of rotatable bonds is 5. The molecule has 4 heteroatoms. The van der Waals surface area contributed by atoms with E-state index in [2.05, 4.69) is 5.32 Å². The highest BCUT2D eigenvalue weighted by Gasteiger charge is 2.33. The third-order valence-corrected chi connectivity index (χ3v) is 3.36. The van der Waals surface area contributed by atoms with Crippen LogP contribution in [0.4, 0.5) is 0 Å². The van der Waals surface area contributed by atoms with Crippen molar-refractivity contribution in [3.63, 3.8) is 0 Å². The zero-order valence-corrected chi connectivity index (χ0v) is 10.6. The van der Waals surface area contributed by atoms with E-state index >= 15 is 0 Å². The molecule has 16 heavy (non-hydrogen) atoms. The maximum Gasteiger partial charge on any atom is 0.240 e. The third kappa shape index (κ3) is 3.19. The summed E-state index contributed by atoms with van der Waals surface area (Å²) >= 11 is 0. The van der Waals surface area contributed by atoms with Crippen LogP contribution < -0.4 is 11.1 Å². The Morgan fingerprint density at radius 2 is 2.25 bits per heavy atom. The number of nitrogens with two attached hydrogens (primary N) is 1. The first kappa shape index (κ1) is 13.5. The molecule has 0 saturated heterocycles. The SMILES string of the molecule is CCCC(C)(N)C(=O)NC1CCCC1OC. The monoisotopic (exact) mass is 228 g/mol. The molecule has 4 nitrogen and oxygen atoms in total.